The minimum atomic E-state index is -4.82. The number of piperazine rings is 1. The number of amides is 1. The second-order valence-corrected chi connectivity index (χ2v) is 7.24. The molecule has 0 aromatic heterocycles. The summed E-state index contributed by atoms with van der Waals surface area (Å²) >= 11 is 0. The Morgan fingerprint density at radius 3 is 2.33 bits per heavy atom. The average molecular weight is 380 g/mol. The summed E-state index contributed by atoms with van der Waals surface area (Å²) in [4.78, 5) is 15.7. The number of carbonyl (C=O) groups is 1. The summed E-state index contributed by atoms with van der Waals surface area (Å²) in [6, 6.07) is 14.3. The number of halogens is 3. The highest BCUT2D eigenvalue weighted by atomic mass is 19.4. The lowest BCUT2D eigenvalue weighted by molar-refractivity contribution is -0.254. The molecule has 27 heavy (non-hydrogen) atoms. The van der Waals surface area contributed by atoms with Crippen LogP contribution in [0, 0.1) is 0 Å². The Bertz CT molecular complexity index is 807. The summed E-state index contributed by atoms with van der Waals surface area (Å²) in [5.41, 5.74) is -1.81. The summed E-state index contributed by atoms with van der Waals surface area (Å²) in [7, 11) is 0. The summed E-state index contributed by atoms with van der Waals surface area (Å²) in [6.07, 6.45) is -5.77. The van der Waals surface area contributed by atoms with Gasteiger partial charge in [0.2, 0.25) is 5.91 Å². The average Bonchev–Trinajstić information content (AvgIpc) is 2.61. The molecule has 2 aromatic carbocycles. The van der Waals surface area contributed by atoms with E-state index in [4.69, 9.17) is 0 Å². The van der Waals surface area contributed by atoms with Gasteiger partial charge in [0.25, 0.3) is 0 Å². The molecule has 1 aliphatic heterocycles. The number of aliphatic hydroxyl groups is 1. The molecule has 1 amide bonds. The largest absolute Gasteiger partial charge is 0.417 e. The van der Waals surface area contributed by atoms with Crippen LogP contribution in [0.2, 0.25) is 0 Å². The number of benzene rings is 2. The monoisotopic (exact) mass is 380 g/mol. The van der Waals surface area contributed by atoms with Crippen LogP contribution in [0.15, 0.2) is 42.5 Å². The first kappa shape index (κ1) is 19.6. The van der Waals surface area contributed by atoms with Gasteiger partial charge < -0.3 is 10.0 Å². The Balaban J connectivity index is 1.58. The third kappa shape index (κ3) is 4.42. The molecule has 4 nitrogen and oxygen atoms in total. The third-order valence-electron chi connectivity index (χ3n) is 5.11. The first-order valence-electron chi connectivity index (χ1n) is 8.93. The van der Waals surface area contributed by atoms with Crippen LogP contribution in [0.5, 0.6) is 0 Å². The maximum absolute atomic E-state index is 12.8. The van der Waals surface area contributed by atoms with Crippen molar-refractivity contribution >= 4 is 16.7 Å². The predicted molar refractivity (Wildman–Crippen MR) is 97.1 cm³/mol. The first-order chi connectivity index (χ1) is 12.7. The Hall–Kier alpha value is -2.12. The Labute approximate surface area is 156 Å². The zero-order valence-corrected chi connectivity index (χ0v) is 15.2. The SMILES string of the molecule is C[C@@](O)(CC(=O)N1CCN(Cc2cccc3ccccc23)CC1)C(F)(F)F. The van der Waals surface area contributed by atoms with Crippen molar-refractivity contribution in [1.82, 2.24) is 9.80 Å². The fourth-order valence-electron chi connectivity index (χ4n) is 3.33. The molecule has 0 saturated carbocycles. The molecule has 1 N–H and O–H groups in total. The number of nitrogens with zero attached hydrogens (tertiary/aromatic N) is 2. The van der Waals surface area contributed by atoms with Crippen LogP contribution < -0.4 is 0 Å². The zero-order valence-electron chi connectivity index (χ0n) is 15.2. The van der Waals surface area contributed by atoms with Crippen molar-refractivity contribution in [3.05, 3.63) is 48.0 Å². The van der Waals surface area contributed by atoms with Crippen molar-refractivity contribution in [2.24, 2.45) is 0 Å². The standard InChI is InChI=1S/C20H23F3N2O2/c1-19(27,20(21,22)23)13-18(26)25-11-9-24(10-12-25)14-16-7-4-6-15-5-2-3-8-17(15)16/h2-8,27H,9-14H2,1H3/t19-/m1/s1. The summed E-state index contributed by atoms with van der Waals surface area (Å²) in [5, 5.41) is 11.9. The van der Waals surface area contributed by atoms with Crippen molar-refractivity contribution in [2.75, 3.05) is 26.2 Å². The van der Waals surface area contributed by atoms with Gasteiger partial charge in [-0.05, 0) is 23.3 Å². The van der Waals surface area contributed by atoms with E-state index in [1.807, 2.05) is 18.2 Å². The molecule has 1 saturated heterocycles. The number of rotatable bonds is 4. The summed E-state index contributed by atoms with van der Waals surface area (Å²) in [5.74, 6) is -0.665. The second-order valence-electron chi connectivity index (χ2n) is 7.24. The normalized spacial score (nSPS) is 18.5. The van der Waals surface area contributed by atoms with E-state index in [-0.39, 0.29) is 0 Å². The van der Waals surface area contributed by atoms with Crippen molar-refractivity contribution in [3.8, 4) is 0 Å². The molecule has 3 rings (SSSR count). The minimum Gasteiger partial charge on any atom is -0.380 e. The van der Waals surface area contributed by atoms with E-state index < -0.39 is 24.1 Å². The Morgan fingerprint density at radius 2 is 1.67 bits per heavy atom. The summed E-state index contributed by atoms with van der Waals surface area (Å²) < 4.78 is 38.3. The molecule has 1 atom stereocenters. The topological polar surface area (TPSA) is 43.8 Å². The van der Waals surface area contributed by atoms with Crippen LogP contribution >= 0.6 is 0 Å². The summed E-state index contributed by atoms with van der Waals surface area (Å²) in [6.45, 7) is 3.26. The number of fused-ring (bicyclic) bond motifs is 1. The highest BCUT2D eigenvalue weighted by Crippen LogP contribution is 2.33. The molecule has 0 unspecified atom stereocenters. The molecule has 0 radical (unpaired) electrons. The van der Waals surface area contributed by atoms with Crippen molar-refractivity contribution < 1.29 is 23.1 Å². The number of alkyl halides is 3. The predicted octanol–water partition coefficient (Wildman–Crippen LogP) is 3.19. The smallest absolute Gasteiger partial charge is 0.380 e. The van der Waals surface area contributed by atoms with E-state index >= 15 is 0 Å². The molecule has 1 aliphatic rings. The molecule has 0 aliphatic carbocycles. The Kier molecular flexibility index (Phi) is 5.44. The maximum atomic E-state index is 12.8. The number of hydrogen-bond acceptors (Lipinski definition) is 3. The van der Waals surface area contributed by atoms with Crippen molar-refractivity contribution in [1.29, 1.82) is 0 Å². The van der Waals surface area contributed by atoms with Crippen LogP contribution in [0.3, 0.4) is 0 Å². The third-order valence-corrected chi connectivity index (χ3v) is 5.11. The highest BCUT2D eigenvalue weighted by molar-refractivity contribution is 5.85. The molecule has 2 aromatic rings. The van der Waals surface area contributed by atoms with Gasteiger partial charge in [-0.25, -0.2) is 0 Å². The van der Waals surface area contributed by atoms with Crippen LogP contribution in [0.4, 0.5) is 13.2 Å². The maximum Gasteiger partial charge on any atom is 0.417 e. The van der Waals surface area contributed by atoms with E-state index in [1.54, 1.807) is 0 Å². The van der Waals surface area contributed by atoms with Crippen LogP contribution in [-0.4, -0.2) is 58.8 Å². The van der Waals surface area contributed by atoms with E-state index in [9.17, 15) is 23.1 Å². The molecule has 0 bridgehead atoms. The van der Waals surface area contributed by atoms with E-state index in [1.165, 1.54) is 15.8 Å². The van der Waals surface area contributed by atoms with Gasteiger partial charge in [-0.3, -0.25) is 9.69 Å². The van der Waals surface area contributed by atoms with Gasteiger partial charge in [0, 0.05) is 32.7 Å². The molecule has 7 heteroatoms. The minimum absolute atomic E-state index is 0.359. The fourth-order valence-corrected chi connectivity index (χ4v) is 3.33. The van der Waals surface area contributed by atoms with Gasteiger partial charge >= 0.3 is 6.18 Å². The molecule has 1 heterocycles. The van der Waals surface area contributed by atoms with Gasteiger partial charge in [0.15, 0.2) is 5.60 Å². The Morgan fingerprint density at radius 1 is 1.04 bits per heavy atom. The van der Waals surface area contributed by atoms with Gasteiger partial charge in [0.05, 0.1) is 6.42 Å². The van der Waals surface area contributed by atoms with Crippen LogP contribution in [0.25, 0.3) is 10.8 Å². The van der Waals surface area contributed by atoms with Crippen LogP contribution in [-0.2, 0) is 11.3 Å². The van der Waals surface area contributed by atoms with E-state index in [0.29, 0.717) is 33.1 Å². The number of hydrogen-bond donors (Lipinski definition) is 1. The molecule has 0 spiro atoms. The molecular weight excluding hydrogens is 357 g/mol. The number of carbonyl (C=O) groups excluding carboxylic acids is 1. The fraction of sp³-hybridized carbons (Fsp3) is 0.450. The van der Waals surface area contributed by atoms with Crippen LogP contribution in [0.1, 0.15) is 18.9 Å². The van der Waals surface area contributed by atoms with Gasteiger partial charge in [-0.15, -0.1) is 0 Å². The van der Waals surface area contributed by atoms with E-state index in [0.717, 1.165) is 11.9 Å². The molecule has 1 fully saturated rings. The van der Waals surface area contributed by atoms with Gasteiger partial charge in [-0.1, -0.05) is 42.5 Å². The first-order valence-corrected chi connectivity index (χ1v) is 8.93. The quantitative estimate of drug-likeness (QED) is 0.886. The van der Waals surface area contributed by atoms with Crippen molar-refractivity contribution in [2.45, 2.75) is 31.7 Å². The highest BCUT2D eigenvalue weighted by Gasteiger charge is 2.51. The van der Waals surface area contributed by atoms with E-state index in [2.05, 4.69) is 29.2 Å². The van der Waals surface area contributed by atoms with Crippen molar-refractivity contribution in [3.63, 3.8) is 0 Å². The lowest BCUT2D eigenvalue weighted by Gasteiger charge is -2.36. The molecule has 146 valence electrons. The lowest BCUT2D eigenvalue weighted by atomic mass is 10.0. The van der Waals surface area contributed by atoms with Gasteiger partial charge in [-0.2, -0.15) is 13.2 Å². The lowest BCUT2D eigenvalue weighted by Crippen LogP contribution is -2.52. The zero-order chi connectivity index (χ0) is 19.7. The van der Waals surface area contributed by atoms with Gasteiger partial charge in [0.1, 0.15) is 0 Å². The molecular formula is C20H23F3N2O2. The second kappa shape index (κ2) is 7.48.